The maximum absolute atomic E-state index is 12.3. The number of hydrogen-bond acceptors (Lipinski definition) is 6. The molecule has 1 aliphatic heterocycles. The van der Waals surface area contributed by atoms with Crippen LogP contribution in [-0.2, 0) is 13.1 Å². The molecule has 0 radical (unpaired) electrons. The van der Waals surface area contributed by atoms with E-state index in [2.05, 4.69) is 10.00 Å². The van der Waals surface area contributed by atoms with E-state index in [0.29, 0.717) is 37.5 Å². The number of aromatic hydroxyl groups is 1. The second-order valence-electron chi connectivity index (χ2n) is 7.47. The van der Waals surface area contributed by atoms with Crippen molar-refractivity contribution in [1.29, 1.82) is 0 Å². The normalized spacial score (nSPS) is 16.8. The third-order valence-electron chi connectivity index (χ3n) is 5.31. The Bertz CT molecular complexity index is 1040. The van der Waals surface area contributed by atoms with Crippen molar-refractivity contribution in [1.82, 2.24) is 14.7 Å². The van der Waals surface area contributed by atoms with Crippen LogP contribution in [0.4, 0.5) is 0 Å². The highest BCUT2D eigenvalue weighted by Crippen LogP contribution is 2.28. The van der Waals surface area contributed by atoms with Gasteiger partial charge in [0, 0.05) is 36.3 Å². The summed E-state index contributed by atoms with van der Waals surface area (Å²) in [5.74, 6) is 0.219. The molecular formula is C21H22ClN3O3S. The standard InChI is InChI=1S/C21H22ClN3O3S/c22-16-3-5-18(26)15(12-16)13-24-9-7-21(28,8-10-24)14-25-20(27)6-4-17(23-25)19-2-1-11-29-19/h1-6,11-12,26,28H,7-10,13-14H2. The highest BCUT2D eigenvalue weighted by Gasteiger charge is 2.33. The Morgan fingerprint density at radius 2 is 1.97 bits per heavy atom. The predicted octanol–water partition coefficient (Wildman–Crippen LogP) is 3.36. The van der Waals surface area contributed by atoms with Crippen LogP contribution in [0.15, 0.2) is 52.6 Å². The second kappa shape index (κ2) is 8.28. The first-order valence-corrected chi connectivity index (χ1v) is 10.7. The van der Waals surface area contributed by atoms with Gasteiger partial charge in [-0.15, -0.1) is 11.3 Å². The highest BCUT2D eigenvalue weighted by molar-refractivity contribution is 7.13. The fourth-order valence-corrected chi connectivity index (χ4v) is 4.49. The molecule has 1 aliphatic rings. The molecule has 1 aromatic carbocycles. The largest absolute Gasteiger partial charge is 0.508 e. The molecule has 29 heavy (non-hydrogen) atoms. The number of halogens is 1. The summed E-state index contributed by atoms with van der Waals surface area (Å²) in [6.45, 7) is 2.04. The Morgan fingerprint density at radius 3 is 2.69 bits per heavy atom. The average Bonchev–Trinajstić information content (AvgIpc) is 3.23. The minimum absolute atomic E-state index is 0.168. The fraction of sp³-hybridized carbons (Fsp3) is 0.333. The molecule has 0 unspecified atom stereocenters. The molecule has 6 nitrogen and oxygen atoms in total. The number of nitrogens with zero attached hydrogens (tertiary/aromatic N) is 3. The summed E-state index contributed by atoms with van der Waals surface area (Å²) in [5, 5.41) is 28.1. The van der Waals surface area contributed by atoms with E-state index >= 15 is 0 Å². The van der Waals surface area contributed by atoms with Gasteiger partial charge in [-0.05, 0) is 48.6 Å². The number of aliphatic hydroxyl groups is 1. The first-order chi connectivity index (χ1) is 13.9. The minimum atomic E-state index is -0.988. The summed E-state index contributed by atoms with van der Waals surface area (Å²) in [7, 11) is 0. The Labute approximate surface area is 177 Å². The zero-order valence-electron chi connectivity index (χ0n) is 15.8. The van der Waals surface area contributed by atoms with E-state index in [1.807, 2.05) is 17.5 Å². The van der Waals surface area contributed by atoms with Crippen LogP contribution in [-0.4, -0.2) is 43.6 Å². The van der Waals surface area contributed by atoms with Crippen LogP contribution in [0.1, 0.15) is 18.4 Å². The van der Waals surface area contributed by atoms with Crippen LogP contribution in [0.25, 0.3) is 10.6 Å². The lowest BCUT2D eigenvalue weighted by Gasteiger charge is -2.38. The van der Waals surface area contributed by atoms with Gasteiger partial charge in [0.15, 0.2) is 0 Å². The Morgan fingerprint density at radius 1 is 1.17 bits per heavy atom. The number of thiophene rings is 1. The third-order valence-corrected chi connectivity index (χ3v) is 6.43. The highest BCUT2D eigenvalue weighted by atomic mass is 35.5. The molecule has 0 saturated carbocycles. The molecule has 0 spiro atoms. The summed E-state index contributed by atoms with van der Waals surface area (Å²) in [6.07, 6.45) is 1.04. The van der Waals surface area contributed by atoms with E-state index < -0.39 is 5.60 Å². The molecule has 0 amide bonds. The van der Waals surface area contributed by atoms with E-state index in [1.54, 1.807) is 35.6 Å². The number of benzene rings is 1. The first-order valence-electron chi connectivity index (χ1n) is 9.46. The van der Waals surface area contributed by atoms with Crippen molar-refractivity contribution in [3.05, 3.63) is 68.8 Å². The van der Waals surface area contributed by atoms with Crippen LogP contribution >= 0.6 is 22.9 Å². The molecule has 2 aromatic heterocycles. The van der Waals surface area contributed by atoms with Gasteiger partial charge in [0.05, 0.1) is 17.0 Å². The number of likely N-dealkylation sites (tertiary alicyclic amines) is 1. The summed E-state index contributed by atoms with van der Waals surface area (Å²) in [4.78, 5) is 15.4. The molecule has 3 aromatic rings. The summed E-state index contributed by atoms with van der Waals surface area (Å²) >= 11 is 7.59. The van der Waals surface area contributed by atoms with Crippen molar-refractivity contribution < 1.29 is 10.2 Å². The summed E-state index contributed by atoms with van der Waals surface area (Å²) < 4.78 is 1.37. The van der Waals surface area contributed by atoms with Crippen molar-refractivity contribution in [2.75, 3.05) is 13.1 Å². The topological polar surface area (TPSA) is 78.6 Å². The van der Waals surface area contributed by atoms with Crippen LogP contribution in [0.3, 0.4) is 0 Å². The first kappa shape index (κ1) is 20.1. The monoisotopic (exact) mass is 431 g/mol. The van der Waals surface area contributed by atoms with Gasteiger partial charge in [-0.2, -0.15) is 5.10 Å². The van der Waals surface area contributed by atoms with Gasteiger partial charge in [-0.1, -0.05) is 17.7 Å². The smallest absolute Gasteiger partial charge is 0.266 e. The fourth-order valence-electron chi connectivity index (χ4n) is 3.60. The maximum Gasteiger partial charge on any atom is 0.266 e. The van der Waals surface area contributed by atoms with E-state index in [1.165, 1.54) is 10.7 Å². The van der Waals surface area contributed by atoms with E-state index in [4.69, 9.17) is 11.6 Å². The number of hydrogen-bond donors (Lipinski definition) is 2. The van der Waals surface area contributed by atoms with Crippen LogP contribution in [0.5, 0.6) is 5.75 Å². The molecule has 8 heteroatoms. The van der Waals surface area contributed by atoms with Gasteiger partial charge >= 0.3 is 0 Å². The Kier molecular flexibility index (Phi) is 5.74. The molecule has 1 saturated heterocycles. The molecule has 0 bridgehead atoms. The van der Waals surface area contributed by atoms with E-state index in [9.17, 15) is 15.0 Å². The lowest BCUT2D eigenvalue weighted by atomic mass is 9.91. The number of piperidine rings is 1. The van der Waals surface area contributed by atoms with Gasteiger partial charge in [-0.25, -0.2) is 4.68 Å². The molecule has 3 heterocycles. The molecule has 0 aliphatic carbocycles. The minimum Gasteiger partial charge on any atom is -0.508 e. The molecular weight excluding hydrogens is 410 g/mol. The maximum atomic E-state index is 12.3. The van der Waals surface area contributed by atoms with Crippen molar-refractivity contribution >= 4 is 22.9 Å². The lowest BCUT2D eigenvalue weighted by Crippen LogP contribution is -2.48. The SMILES string of the molecule is O=c1ccc(-c2cccs2)nn1CC1(O)CCN(Cc2cc(Cl)ccc2O)CC1. The average molecular weight is 432 g/mol. The van der Waals surface area contributed by atoms with E-state index in [0.717, 1.165) is 16.1 Å². The molecule has 4 rings (SSSR count). The lowest BCUT2D eigenvalue weighted by molar-refractivity contribution is -0.0390. The van der Waals surface area contributed by atoms with Crippen LogP contribution in [0, 0.1) is 0 Å². The molecule has 2 N–H and O–H groups in total. The molecule has 0 atom stereocenters. The number of phenols is 1. The van der Waals surface area contributed by atoms with Crippen molar-refractivity contribution in [2.24, 2.45) is 0 Å². The third kappa shape index (κ3) is 4.70. The predicted molar refractivity (Wildman–Crippen MR) is 114 cm³/mol. The zero-order valence-corrected chi connectivity index (χ0v) is 17.4. The van der Waals surface area contributed by atoms with Gasteiger partial charge in [-0.3, -0.25) is 9.69 Å². The number of aromatic nitrogens is 2. The number of rotatable bonds is 5. The van der Waals surface area contributed by atoms with Gasteiger partial charge in [0.2, 0.25) is 0 Å². The van der Waals surface area contributed by atoms with Crippen molar-refractivity contribution in [3.63, 3.8) is 0 Å². The Hall–Kier alpha value is -2.19. The zero-order chi connectivity index (χ0) is 20.4. The van der Waals surface area contributed by atoms with Crippen molar-refractivity contribution in [2.45, 2.75) is 31.5 Å². The van der Waals surface area contributed by atoms with Crippen LogP contribution in [0.2, 0.25) is 5.02 Å². The van der Waals surface area contributed by atoms with E-state index in [-0.39, 0.29) is 17.9 Å². The quantitative estimate of drug-likeness (QED) is 0.647. The molecule has 152 valence electrons. The summed E-state index contributed by atoms with van der Waals surface area (Å²) in [6, 6.07) is 12.1. The van der Waals surface area contributed by atoms with Gasteiger partial charge < -0.3 is 10.2 Å². The Balaban J connectivity index is 1.43. The van der Waals surface area contributed by atoms with Gasteiger partial charge in [0.1, 0.15) is 11.4 Å². The number of phenolic OH excluding ortho intramolecular Hbond substituents is 1. The van der Waals surface area contributed by atoms with Gasteiger partial charge in [0.25, 0.3) is 5.56 Å². The second-order valence-corrected chi connectivity index (χ2v) is 8.85. The molecule has 1 fully saturated rings. The van der Waals surface area contributed by atoms with Crippen LogP contribution < -0.4 is 5.56 Å². The summed E-state index contributed by atoms with van der Waals surface area (Å²) in [5.41, 5.74) is 0.296. The van der Waals surface area contributed by atoms with Crippen molar-refractivity contribution in [3.8, 4) is 16.3 Å².